The average molecular weight is 221 g/mol. The van der Waals surface area contributed by atoms with Crippen LogP contribution in [-0.4, -0.2) is 34.3 Å². The molecule has 1 aliphatic heterocycles. The Kier molecular flexibility index (Phi) is 3.10. The number of hydrogen-bond donors (Lipinski definition) is 1. The lowest BCUT2D eigenvalue weighted by Crippen LogP contribution is -2.42. The maximum atomic E-state index is 9.70. The zero-order valence-electron chi connectivity index (χ0n) is 10.1. The smallest absolute Gasteiger partial charge is 0.150 e. The molecule has 1 N–H and O–H groups in total. The zero-order valence-corrected chi connectivity index (χ0v) is 10.1. The summed E-state index contributed by atoms with van der Waals surface area (Å²) in [4.78, 5) is 11.1. The van der Waals surface area contributed by atoms with Crippen LogP contribution in [-0.2, 0) is 0 Å². The summed E-state index contributed by atoms with van der Waals surface area (Å²) in [6.07, 6.45) is 2.44. The van der Waals surface area contributed by atoms with Crippen LogP contribution in [0, 0.1) is 19.8 Å². The number of aliphatic hydroxyl groups excluding tert-OH is 1. The van der Waals surface area contributed by atoms with Crippen LogP contribution in [0.2, 0.25) is 0 Å². The predicted molar refractivity (Wildman–Crippen MR) is 63.5 cm³/mol. The van der Waals surface area contributed by atoms with Crippen molar-refractivity contribution >= 4 is 5.82 Å². The second-order valence-electron chi connectivity index (χ2n) is 4.70. The highest BCUT2D eigenvalue weighted by atomic mass is 16.3. The van der Waals surface area contributed by atoms with Crippen LogP contribution >= 0.6 is 0 Å². The van der Waals surface area contributed by atoms with E-state index in [-0.39, 0.29) is 6.10 Å². The number of aromatic nitrogens is 2. The molecule has 2 atom stereocenters. The minimum atomic E-state index is -0.172. The van der Waals surface area contributed by atoms with Crippen LogP contribution in [0.15, 0.2) is 6.20 Å². The molecule has 1 aromatic rings. The van der Waals surface area contributed by atoms with Crippen LogP contribution in [0.1, 0.15) is 24.7 Å². The molecular weight excluding hydrogens is 202 g/mol. The van der Waals surface area contributed by atoms with E-state index in [1.165, 1.54) is 0 Å². The Morgan fingerprint density at radius 3 is 2.88 bits per heavy atom. The highest BCUT2D eigenvalue weighted by molar-refractivity contribution is 5.43. The van der Waals surface area contributed by atoms with Gasteiger partial charge in [-0.05, 0) is 26.2 Å². The van der Waals surface area contributed by atoms with E-state index in [0.717, 1.165) is 36.7 Å². The molecule has 0 spiro atoms. The van der Waals surface area contributed by atoms with Gasteiger partial charge < -0.3 is 10.0 Å². The van der Waals surface area contributed by atoms with E-state index in [2.05, 4.69) is 21.8 Å². The number of rotatable bonds is 1. The number of piperidine rings is 1. The van der Waals surface area contributed by atoms with Gasteiger partial charge in [0.25, 0.3) is 0 Å². The van der Waals surface area contributed by atoms with Crippen LogP contribution < -0.4 is 4.90 Å². The second-order valence-corrected chi connectivity index (χ2v) is 4.70. The van der Waals surface area contributed by atoms with Crippen LogP contribution in [0.25, 0.3) is 0 Å². The molecular formula is C12H19N3O. The van der Waals surface area contributed by atoms with Crippen LogP contribution in [0.5, 0.6) is 0 Å². The minimum absolute atomic E-state index is 0.172. The number of aryl methyl sites for hydroxylation is 2. The molecule has 2 rings (SSSR count). The summed E-state index contributed by atoms with van der Waals surface area (Å²) >= 11 is 0. The summed E-state index contributed by atoms with van der Waals surface area (Å²) in [5, 5.41) is 9.70. The Bertz CT molecular complexity index is 381. The molecule has 0 aromatic carbocycles. The summed E-state index contributed by atoms with van der Waals surface area (Å²) in [6, 6.07) is 0. The van der Waals surface area contributed by atoms with Crippen molar-refractivity contribution in [2.75, 3.05) is 18.0 Å². The summed E-state index contributed by atoms with van der Waals surface area (Å²) in [7, 11) is 0. The fourth-order valence-corrected chi connectivity index (χ4v) is 2.15. The van der Waals surface area contributed by atoms with Gasteiger partial charge in [-0.1, -0.05) is 6.92 Å². The SMILES string of the molecule is Cc1cnc(C)c(N2CCC(O)C(C)C2)n1. The molecule has 88 valence electrons. The third-order valence-corrected chi connectivity index (χ3v) is 3.21. The fraction of sp³-hybridized carbons (Fsp3) is 0.667. The lowest BCUT2D eigenvalue weighted by atomic mass is 9.97. The molecule has 2 unspecified atom stereocenters. The van der Waals surface area contributed by atoms with Gasteiger partial charge in [0.2, 0.25) is 0 Å². The van der Waals surface area contributed by atoms with Gasteiger partial charge in [-0.2, -0.15) is 0 Å². The van der Waals surface area contributed by atoms with Crippen molar-refractivity contribution in [3.63, 3.8) is 0 Å². The molecule has 1 aliphatic rings. The lowest BCUT2D eigenvalue weighted by Gasteiger charge is -2.35. The number of anilines is 1. The third-order valence-electron chi connectivity index (χ3n) is 3.21. The van der Waals surface area contributed by atoms with Crippen molar-refractivity contribution in [3.8, 4) is 0 Å². The lowest BCUT2D eigenvalue weighted by molar-refractivity contribution is 0.0968. The van der Waals surface area contributed by atoms with Gasteiger partial charge in [-0.25, -0.2) is 4.98 Å². The van der Waals surface area contributed by atoms with Gasteiger partial charge in [0.05, 0.1) is 17.5 Å². The van der Waals surface area contributed by atoms with Crippen LogP contribution in [0.3, 0.4) is 0 Å². The van der Waals surface area contributed by atoms with E-state index in [4.69, 9.17) is 0 Å². The average Bonchev–Trinajstić information content (AvgIpc) is 2.26. The Hall–Kier alpha value is -1.16. The molecule has 0 aliphatic carbocycles. The first-order chi connectivity index (χ1) is 7.58. The van der Waals surface area contributed by atoms with E-state index in [1.807, 2.05) is 13.8 Å². The van der Waals surface area contributed by atoms with Gasteiger partial charge in [-0.15, -0.1) is 0 Å². The van der Waals surface area contributed by atoms with Crippen LogP contribution in [0.4, 0.5) is 5.82 Å². The highest BCUT2D eigenvalue weighted by Gasteiger charge is 2.25. The van der Waals surface area contributed by atoms with Gasteiger partial charge in [0, 0.05) is 19.3 Å². The van der Waals surface area contributed by atoms with Crippen molar-refractivity contribution < 1.29 is 5.11 Å². The molecule has 1 saturated heterocycles. The monoisotopic (exact) mass is 221 g/mol. The van der Waals surface area contributed by atoms with Gasteiger partial charge in [0.1, 0.15) is 5.82 Å². The molecule has 0 saturated carbocycles. The quantitative estimate of drug-likeness (QED) is 0.776. The van der Waals surface area contributed by atoms with E-state index in [1.54, 1.807) is 6.20 Å². The molecule has 16 heavy (non-hydrogen) atoms. The first kappa shape index (κ1) is 11.3. The Morgan fingerprint density at radius 1 is 1.44 bits per heavy atom. The number of nitrogens with zero attached hydrogens (tertiary/aromatic N) is 3. The van der Waals surface area contributed by atoms with E-state index in [0.29, 0.717) is 5.92 Å². The molecule has 4 heteroatoms. The molecule has 2 heterocycles. The van der Waals surface area contributed by atoms with Gasteiger partial charge >= 0.3 is 0 Å². The number of hydrogen-bond acceptors (Lipinski definition) is 4. The summed E-state index contributed by atoms with van der Waals surface area (Å²) < 4.78 is 0. The standard InChI is InChI=1S/C12H19N3O/c1-8-7-15(5-4-11(8)16)12-10(3)13-6-9(2)14-12/h6,8,11,16H,4-5,7H2,1-3H3. The molecule has 1 fully saturated rings. The van der Waals surface area contributed by atoms with E-state index in [9.17, 15) is 5.11 Å². The maximum Gasteiger partial charge on any atom is 0.150 e. The minimum Gasteiger partial charge on any atom is -0.393 e. The maximum absolute atomic E-state index is 9.70. The molecule has 4 nitrogen and oxygen atoms in total. The topological polar surface area (TPSA) is 49.2 Å². The Labute approximate surface area is 96.3 Å². The van der Waals surface area contributed by atoms with E-state index >= 15 is 0 Å². The van der Waals surface area contributed by atoms with Gasteiger partial charge in [0.15, 0.2) is 0 Å². The van der Waals surface area contributed by atoms with Gasteiger partial charge in [-0.3, -0.25) is 4.98 Å². The van der Waals surface area contributed by atoms with Crippen molar-refractivity contribution in [3.05, 3.63) is 17.6 Å². The second kappa shape index (κ2) is 4.37. The first-order valence-corrected chi connectivity index (χ1v) is 5.81. The fourth-order valence-electron chi connectivity index (χ4n) is 2.15. The Balaban J connectivity index is 2.21. The molecule has 1 aromatic heterocycles. The largest absolute Gasteiger partial charge is 0.393 e. The summed E-state index contributed by atoms with van der Waals surface area (Å²) in [5.41, 5.74) is 1.91. The highest BCUT2D eigenvalue weighted by Crippen LogP contribution is 2.23. The van der Waals surface area contributed by atoms with Crippen molar-refractivity contribution in [1.82, 2.24) is 9.97 Å². The first-order valence-electron chi connectivity index (χ1n) is 5.81. The summed E-state index contributed by atoms with van der Waals surface area (Å²) in [5.74, 6) is 1.27. The Morgan fingerprint density at radius 2 is 2.19 bits per heavy atom. The normalized spacial score (nSPS) is 25.9. The zero-order chi connectivity index (χ0) is 11.7. The van der Waals surface area contributed by atoms with Crippen molar-refractivity contribution in [2.24, 2.45) is 5.92 Å². The number of aliphatic hydroxyl groups is 1. The third kappa shape index (κ3) is 2.16. The molecule has 0 radical (unpaired) electrons. The molecule has 0 bridgehead atoms. The summed E-state index contributed by atoms with van der Waals surface area (Å²) in [6.45, 7) is 7.75. The van der Waals surface area contributed by atoms with E-state index < -0.39 is 0 Å². The predicted octanol–water partition coefficient (Wildman–Crippen LogP) is 1.30. The van der Waals surface area contributed by atoms with Crippen molar-refractivity contribution in [2.45, 2.75) is 33.3 Å². The molecule has 0 amide bonds. The van der Waals surface area contributed by atoms with Crippen molar-refractivity contribution in [1.29, 1.82) is 0 Å².